The second-order valence-electron chi connectivity index (χ2n) is 6.13. The Morgan fingerprint density at radius 3 is 2.65 bits per heavy atom. The number of nitrogens with one attached hydrogen (secondary N) is 1. The van der Waals surface area contributed by atoms with Crippen LogP contribution in [0.3, 0.4) is 0 Å². The molecule has 0 radical (unpaired) electrons. The van der Waals surface area contributed by atoms with E-state index in [1.165, 1.54) is 25.9 Å². The molecule has 0 aromatic rings. The second kappa shape index (κ2) is 4.96. The average molecular weight is 235 g/mol. The zero-order chi connectivity index (χ0) is 12.5. The summed E-state index contributed by atoms with van der Waals surface area (Å²) in [5.41, 5.74) is -0.249. The SMILES string of the molecule is CNC1(C#N)CCC(N2CCC(C(C)C)C2)C1. The van der Waals surface area contributed by atoms with Gasteiger partial charge in [-0.3, -0.25) is 4.90 Å². The van der Waals surface area contributed by atoms with Crippen molar-refractivity contribution in [2.45, 2.75) is 51.1 Å². The highest BCUT2D eigenvalue weighted by molar-refractivity contribution is 5.13. The van der Waals surface area contributed by atoms with Gasteiger partial charge in [0.2, 0.25) is 0 Å². The van der Waals surface area contributed by atoms with Crippen LogP contribution in [0.1, 0.15) is 39.5 Å². The molecule has 1 N–H and O–H groups in total. The Hall–Kier alpha value is -0.590. The van der Waals surface area contributed by atoms with Gasteiger partial charge in [0.1, 0.15) is 5.54 Å². The Morgan fingerprint density at radius 2 is 2.18 bits per heavy atom. The maximum atomic E-state index is 9.29. The summed E-state index contributed by atoms with van der Waals surface area (Å²) in [6, 6.07) is 3.11. The molecule has 0 bridgehead atoms. The molecule has 2 aliphatic rings. The van der Waals surface area contributed by atoms with E-state index in [-0.39, 0.29) is 5.54 Å². The van der Waals surface area contributed by atoms with E-state index in [0.29, 0.717) is 6.04 Å². The van der Waals surface area contributed by atoms with Crippen LogP contribution in [0.5, 0.6) is 0 Å². The molecule has 0 amide bonds. The molecule has 2 rings (SSSR count). The van der Waals surface area contributed by atoms with Crippen molar-refractivity contribution in [3.05, 3.63) is 0 Å². The van der Waals surface area contributed by atoms with Crippen molar-refractivity contribution in [3.8, 4) is 6.07 Å². The van der Waals surface area contributed by atoms with Crippen molar-refractivity contribution in [1.29, 1.82) is 5.26 Å². The van der Waals surface area contributed by atoms with E-state index in [9.17, 15) is 5.26 Å². The zero-order valence-electron chi connectivity index (χ0n) is 11.4. The van der Waals surface area contributed by atoms with Gasteiger partial charge in [-0.2, -0.15) is 5.26 Å². The second-order valence-corrected chi connectivity index (χ2v) is 6.13. The van der Waals surface area contributed by atoms with Gasteiger partial charge in [-0.05, 0) is 51.1 Å². The summed E-state index contributed by atoms with van der Waals surface area (Å²) in [6.45, 7) is 7.14. The third-order valence-electron chi connectivity index (χ3n) is 4.90. The Morgan fingerprint density at radius 1 is 1.41 bits per heavy atom. The molecule has 2 fully saturated rings. The van der Waals surface area contributed by atoms with Crippen molar-refractivity contribution in [2.24, 2.45) is 11.8 Å². The number of likely N-dealkylation sites (tertiary alicyclic amines) is 1. The van der Waals surface area contributed by atoms with E-state index in [0.717, 1.165) is 24.7 Å². The average Bonchev–Trinajstić information content (AvgIpc) is 2.96. The smallest absolute Gasteiger partial charge is 0.108 e. The standard InChI is InChI=1S/C14H25N3/c1-11(2)12-5-7-17(9-12)13-4-6-14(8-13,10-15)16-3/h11-13,16H,4-9H2,1-3H3. The van der Waals surface area contributed by atoms with Crippen LogP contribution in [0, 0.1) is 23.2 Å². The first kappa shape index (κ1) is 12.9. The van der Waals surface area contributed by atoms with E-state index in [1.54, 1.807) is 0 Å². The van der Waals surface area contributed by atoms with E-state index in [4.69, 9.17) is 0 Å². The number of hydrogen-bond donors (Lipinski definition) is 1. The maximum absolute atomic E-state index is 9.29. The molecule has 3 unspecified atom stereocenters. The molecular formula is C14H25N3. The summed E-state index contributed by atoms with van der Waals surface area (Å²) >= 11 is 0. The number of rotatable bonds is 3. The van der Waals surface area contributed by atoms with Crippen LogP contribution in [0.4, 0.5) is 0 Å². The predicted molar refractivity (Wildman–Crippen MR) is 69.6 cm³/mol. The van der Waals surface area contributed by atoms with E-state index in [2.05, 4.69) is 30.1 Å². The largest absolute Gasteiger partial charge is 0.302 e. The predicted octanol–water partition coefficient (Wildman–Crippen LogP) is 2.00. The molecule has 17 heavy (non-hydrogen) atoms. The highest BCUT2D eigenvalue weighted by atomic mass is 15.2. The van der Waals surface area contributed by atoms with Crippen LogP contribution in [0.2, 0.25) is 0 Å². The van der Waals surface area contributed by atoms with Gasteiger partial charge in [-0.15, -0.1) is 0 Å². The summed E-state index contributed by atoms with van der Waals surface area (Å²) in [5, 5.41) is 12.5. The maximum Gasteiger partial charge on any atom is 0.108 e. The molecule has 96 valence electrons. The summed E-state index contributed by atoms with van der Waals surface area (Å²) < 4.78 is 0. The third kappa shape index (κ3) is 2.48. The van der Waals surface area contributed by atoms with Crippen molar-refractivity contribution in [3.63, 3.8) is 0 Å². The lowest BCUT2D eigenvalue weighted by Gasteiger charge is -2.26. The lowest BCUT2D eigenvalue weighted by molar-refractivity contribution is 0.221. The minimum atomic E-state index is -0.249. The third-order valence-corrected chi connectivity index (χ3v) is 4.90. The van der Waals surface area contributed by atoms with Gasteiger partial charge < -0.3 is 5.32 Å². The van der Waals surface area contributed by atoms with Crippen LogP contribution in [0.25, 0.3) is 0 Å². The van der Waals surface area contributed by atoms with Crippen LogP contribution in [-0.4, -0.2) is 36.6 Å². The zero-order valence-corrected chi connectivity index (χ0v) is 11.4. The van der Waals surface area contributed by atoms with Crippen molar-refractivity contribution in [2.75, 3.05) is 20.1 Å². The minimum Gasteiger partial charge on any atom is -0.302 e. The summed E-state index contributed by atoms with van der Waals surface area (Å²) in [5.74, 6) is 1.66. The topological polar surface area (TPSA) is 39.1 Å². The van der Waals surface area contributed by atoms with Crippen molar-refractivity contribution < 1.29 is 0 Å². The Balaban J connectivity index is 1.92. The molecule has 1 saturated heterocycles. The van der Waals surface area contributed by atoms with E-state index in [1.807, 2.05) is 7.05 Å². The minimum absolute atomic E-state index is 0.249. The Kier molecular flexibility index (Phi) is 3.75. The van der Waals surface area contributed by atoms with Gasteiger partial charge in [0.25, 0.3) is 0 Å². The number of nitrogens with zero attached hydrogens (tertiary/aromatic N) is 2. The molecule has 1 saturated carbocycles. The summed E-state index contributed by atoms with van der Waals surface area (Å²) in [7, 11) is 1.92. The molecule has 1 aliphatic carbocycles. The molecule has 3 nitrogen and oxygen atoms in total. The molecule has 0 aromatic carbocycles. The quantitative estimate of drug-likeness (QED) is 0.813. The molecule has 0 aromatic heterocycles. The summed E-state index contributed by atoms with van der Waals surface area (Å²) in [4.78, 5) is 2.63. The van der Waals surface area contributed by atoms with E-state index < -0.39 is 0 Å². The van der Waals surface area contributed by atoms with Gasteiger partial charge in [-0.25, -0.2) is 0 Å². The van der Waals surface area contributed by atoms with Gasteiger partial charge in [0, 0.05) is 12.6 Å². The molecule has 1 aliphatic heterocycles. The van der Waals surface area contributed by atoms with Crippen LogP contribution in [-0.2, 0) is 0 Å². The molecule has 3 atom stereocenters. The molecular weight excluding hydrogens is 210 g/mol. The number of nitriles is 1. The monoisotopic (exact) mass is 235 g/mol. The van der Waals surface area contributed by atoms with Gasteiger partial charge in [0.15, 0.2) is 0 Å². The number of hydrogen-bond acceptors (Lipinski definition) is 3. The first-order valence-electron chi connectivity index (χ1n) is 6.94. The highest BCUT2D eigenvalue weighted by Crippen LogP contribution is 2.36. The fourth-order valence-corrected chi connectivity index (χ4v) is 3.41. The first-order chi connectivity index (χ1) is 8.10. The molecule has 3 heteroatoms. The van der Waals surface area contributed by atoms with Gasteiger partial charge in [-0.1, -0.05) is 13.8 Å². The van der Waals surface area contributed by atoms with Gasteiger partial charge in [0.05, 0.1) is 6.07 Å². The van der Waals surface area contributed by atoms with Crippen LogP contribution >= 0.6 is 0 Å². The normalized spacial score (nSPS) is 38.8. The fraction of sp³-hybridized carbons (Fsp3) is 0.929. The fourth-order valence-electron chi connectivity index (χ4n) is 3.41. The first-order valence-corrected chi connectivity index (χ1v) is 6.94. The highest BCUT2D eigenvalue weighted by Gasteiger charge is 2.42. The van der Waals surface area contributed by atoms with Crippen molar-refractivity contribution in [1.82, 2.24) is 10.2 Å². The van der Waals surface area contributed by atoms with Gasteiger partial charge >= 0.3 is 0 Å². The lowest BCUT2D eigenvalue weighted by atomic mass is 9.95. The Labute approximate surface area is 105 Å². The summed E-state index contributed by atoms with van der Waals surface area (Å²) in [6.07, 6.45) is 4.53. The Bertz CT molecular complexity index is 307. The van der Waals surface area contributed by atoms with Crippen LogP contribution in [0.15, 0.2) is 0 Å². The van der Waals surface area contributed by atoms with E-state index >= 15 is 0 Å². The molecule has 0 spiro atoms. The molecule has 1 heterocycles. The van der Waals surface area contributed by atoms with Crippen LogP contribution < -0.4 is 5.32 Å². The lowest BCUT2D eigenvalue weighted by Crippen LogP contribution is -2.41. The van der Waals surface area contributed by atoms with Crippen molar-refractivity contribution >= 4 is 0 Å².